The van der Waals surface area contributed by atoms with Crippen LogP contribution in [0.5, 0.6) is 0 Å². The molecule has 3 nitrogen and oxygen atoms in total. The molecule has 0 unspecified atom stereocenters. The summed E-state index contributed by atoms with van der Waals surface area (Å²) in [6, 6.07) is 29.2. The quantitative estimate of drug-likeness (QED) is 0.567. The lowest BCUT2D eigenvalue weighted by Crippen LogP contribution is -2.42. The number of rotatable bonds is 8. The second-order valence-corrected chi connectivity index (χ2v) is 11.0. The molecule has 0 saturated carbocycles. The van der Waals surface area contributed by atoms with Crippen molar-refractivity contribution in [1.82, 2.24) is 4.72 Å². The summed E-state index contributed by atoms with van der Waals surface area (Å²) in [5, 5.41) is 2.52. The van der Waals surface area contributed by atoms with Crippen LogP contribution in [-0.2, 0) is 10.0 Å². The molecule has 3 rings (SSSR count). The maximum atomic E-state index is 12.9. The van der Waals surface area contributed by atoms with Gasteiger partial charge >= 0.3 is 0 Å². The molecule has 0 radical (unpaired) electrons. The van der Waals surface area contributed by atoms with E-state index < -0.39 is 17.9 Å². The lowest BCUT2D eigenvalue weighted by molar-refractivity contribution is 0.481. The van der Waals surface area contributed by atoms with Crippen molar-refractivity contribution in [3.63, 3.8) is 0 Å². The van der Waals surface area contributed by atoms with Crippen molar-refractivity contribution in [2.45, 2.75) is 24.8 Å². The third-order valence-corrected chi connectivity index (χ3v) is 8.79. The van der Waals surface area contributed by atoms with Crippen LogP contribution in [0, 0.1) is 5.92 Å². The second kappa shape index (κ2) is 9.47. The number of sulfonamides is 1. The van der Waals surface area contributed by atoms with Gasteiger partial charge < -0.3 is 0 Å². The van der Waals surface area contributed by atoms with Gasteiger partial charge in [-0.15, -0.1) is 0 Å². The molecule has 0 aromatic heterocycles. The van der Waals surface area contributed by atoms with E-state index in [1.165, 1.54) is 10.6 Å². The summed E-state index contributed by atoms with van der Waals surface area (Å²) in [4.78, 5) is 0.310. The topological polar surface area (TPSA) is 46.2 Å². The zero-order valence-electron chi connectivity index (χ0n) is 16.2. The molecular weight excluding hydrogens is 385 g/mol. The van der Waals surface area contributed by atoms with Crippen LogP contribution >= 0.6 is 7.92 Å². The van der Waals surface area contributed by atoms with E-state index in [4.69, 9.17) is 0 Å². The van der Waals surface area contributed by atoms with Gasteiger partial charge in [-0.25, -0.2) is 13.1 Å². The first-order chi connectivity index (χ1) is 13.5. The summed E-state index contributed by atoms with van der Waals surface area (Å²) < 4.78 is 28.8. The molecule has 0 amide bonds. The Morgan fingerprint density at radius 1 is 0.750 bits per heavy atom. The lowest BCUT2D eigenvalue weighted by Gasteiger charge is -2.28. The van der Waals surface area contributed by atoms with E-state index in [0.717, 1.165) is 6.16 Å². The summed E-state index contributed by atoms with van der Waals surface area (Å²) in [6.45, 7) is 4.14. The molecule has 3 aromatic carbocycles. The van der Waals surface area contributed by atoms with E-state index >= 15 is 0 Å². The Morgan fingerprint density at radius 2 is 1.18 bits per heavy atom. The maximum Gasteiger partial charge on any atom is 0.240 e. The Bertz CT molecular complexity index is 922. The van der Waals surface area contributed by atoms with Crippen molar-refractivity contribution in [2.75, 3.05) is 6.16 Å². The van der Waals surface area contributed by atoms with E-state index in [-0.39, 0.29) is 12.0 Å². The van der Waals surface area contributed by atoms with E-state index in [2.05, 4.69) is 42.8 Å². The Kier molecular flexibility index (Phi) is 7.01. The van der Waals surface area contributed by atoms with Gasteiger partial charge in [0.05, 0.1) is 4.90 Å². The summed E-state index contributed by atoms with van der Waals surface area (Å²) in [5.74, 6) is 0.177. The van der Waals surface area contributed by atoms with Crippen molar-refractivity contribution in [3.8, 4) is 0 Å². The monoisotopic (exact) mass is 411 g/mol. The predicted octanol–water partition coefficient (Wildman–Crippen LogP) is 4.12. The highest BCUT2D eigenvalue weighted by molar-refractivity contribution is 7.89. The molecule has 1 N–H and O–H groups in total. The highest BCUT2D eigenvalue weighted by atomic mass is 32.2. The van der Waals surface area contributed by atoms with Gasteiger partial charge in [0.2, 0.25) is 10.0 Å². The second-order valence-electron chi connectivity index (χ2n) is 7.07. The molecule has 0 heterocycles. The molecule has 0 aliphatic rings. The van der Waals surface area contributed by atoms with Gasteiger partial charge in [0, 0.05) is 6.04 Å². The van der Waals surface area contributed by atoms with Gasteiger partial charge in [0.25, 0.3) is 0 Å². The molecule has 0 saturated heterocycles. The van der Waals surface area contributed by atoms with Gasteiger partial charge in [0.1, 0.15) is 0 Å². The molecule has 1 atom stereocenters. The molecule has 0 bridgehead atoms. The summed E-state index contributed by atoms with van der Waals surface area (Å²) in [7, 11) is -4.23. The molecule has 28 heavy (non-hydrogen) atoms. The molecule has 146 valence electrons. The van der Waals surface area contributed by atoms with E-state index in [0.29, 0.717) is 4.90 Å². The van der Waals surface area contributed by atoms with E-state index in [1.807, 2.05) is 42.5 Å². The molecule has 0 aliphatic heterocycles. The third-order valence-electron chi connectivity index (χ3n) is 4.68. The molecule has 0 spiro atoms. The van der Waals surface area contributed by atoms with Gasteiger partial charge in [-0.3, -0.25) is 0 Å². The minimum Gasteiger partial charge on any atom is -0.207 e. The summed E-state index contributed by atoms with van der Waals surface area (Å²) >= 11 is 0. The Hall–Kier alpha value is -2.00. The van der Waals surface area contributed by atoms with Crippen LogP contribution in [0.3, 0.4) is 0 Å². The summed E-state index contributed by atoms with van der Waals surface area (Å²) in [5.41, 5.74) is 0. The van der Waals surface area contributed by atoms with Gasteiger partial charge in [-0.2, -0.15) is 0 Å². The van der Waals surface area contributed by atoms with Crippen LogP contribution in [0.15, 0.2) is 95.9 Å². The van der Waals surface area contributed by atoms with Crippen molar-refractivity contribution in [2.24, 2.45) is 5.92 Å². The molecule has 0 aliphatic carbocycles. The van der Waals surface area contributed by atoms with Gasteiger partial charge in [-0.1, -0.05) is 92.7 Å². The average molecular weight is 412 g/mol. The molecule has 0 fully saturated rings. The summed E-state index contributed by atoms with van der Waals surface area (Å²) in [6.07, 6.45) is 0.757. The van der Waals surface area contributed by atoms with Crippen molar-refractivity contribution in [1.29, 1.82) is 0 Å². The normalized spacial score (nSPS) is 13.0. The van der Waals surface area contributed by atoms with Crippen LogP contribution in [0.2, 0.25) is 0 Å². The van der Waals surface area contributed by atoms with Gasteiger partial charge in [0.15, 0.2) is 0 Å². The molecule has 3 aromatic rings. The fraction of sp³-hybridized carbons (Fsp3) is 0.217. The van der Waals surface area contributed by atoms with Crippen LogP contribution in [0.1, 0.15) is 13.8 Å². The first-order valence-electron chi connectivity index (χ1n) is 9.42. The Morgan fingerprint density at radius 3 is 1.61 bits per heavy atom. The minimum atomic E-state index is -3.55. The fourth-order valence-corrected chi connectivity index (χ4v) is 7.24. The Balaban J connectivity index is 1.90. The van der Waals surface area contributed by atoms with Crippen LogP contribution in [0.25, 0.3) is 0 Å². The number of benzene rings is 3. The molecular formula is C23H26NO2PS. The predicted molar refractivity (Wildman–Crippen MR) is 119 cm³/mol. The van der Waals surface area contributed by atoms with Crippen LogP contribution < -0.4 is 15.3 Å². The number of nitrogens with one attached hydrogen (secondary N) is 1. The highest BCUT2D eigenvalue weighted by Crippen LogP contribution is 2.35. The maximum absolute atomic E-state index is 12.9. The van der Waals surface area contributed by atoms with E-state index in [1.54, 1.807) is 24.3 Å². The van der Waals surface area contributed by atoms with Crippen LogP contribution in [-0.4, -0.2) is 20.6 Å². The van der Waals surface area contributed by atoms with Crippen LogP contribution in [0.4, 0.5) is 0 Å². The van der Waals surface area contributed by atoms with Gasteiger partial charge in [-0.05, 0) is 42.7 Å². The largest absolute Gasteiger partial charge is 0.240 e. The molecule has 5 heteroatoms. The number of hydrogen-bond acceptors (Lipinski definition) is 2. The van der Waals surface area contributed by atoms with E-state index in [9.17, 15) is 8.42 Å². The van der Waals surface area contributed by atoms with Crippen molar-refractivity contribution in [3.05, 3.63) is 91.0 Å². The highest BCUT2D eigenvalue weighted by Gasteiger charge is 2.26. The minimum absolute atomic E-state index is 0.156. The Labute approximate surface area is 169 Å². The first-order valence-corrected chi connectivity index (χ1v) is 12.4. The third kappa shape index (κ3) is 5.29. The lowest BCUT2D eigenvalue weighted by atomic mass is 10.1. The smallest absolute Gasteiger partial charge is 0.207 e. The number of hydrogen-bond donors (Lipinski definition) is 1. The van der Waals surface area contributed by atoms with Crippen molar-refractivity contribution < 1.29 is 8.42 Å². The average Bonchev–Trinajstić information content (AvgIpc) is 2.73. The fourth-order valence-electron chi connectivity index (χ4n) is 3.02. The zero-order chi connectivity index (χ0) is 20.0. The SMILES string of the molecule is CC(C)[C@@H](CP(c1ccccc1)c1ccccc1)NS(=O)(=O)c1ccccc1. The van der Waals surface area contributed by atoms with Crippen molar-refractivity contribution >= 4 is 28.6 Å². The standard InChI is InChI=1S/C23H26NO2PS/c1-19(2)23(24-28(25,26)22-16-10-5-11-17-22)18-27(20-12-6-3-7-13-20)21-14-8-4-9-15-21/h3-17,19,23-24H,18H2,1-2H3/t23-/m1/s1. The zero-order valence-corrected chi connectivity index (χ0v) is 17.9. The first kappa shape index (κ1) is 20.7.